The Labute approximate surface area is 145 Å². The monoisotopic (exact) mass is 389 g/mol. The number of nitrogens with zero attached hydrogens (tertiary/aromatic N) is 2. The molecule has 0 unspecified atom stereocenters. The van der Waals surface area contributed by atoms with Crippen molar-refractivity contribution in [2.75, 3.05) is 5.32 Å². The lowest BCUT2D eigenvalue weighted by molar-refractivity contribution is -0.110. The third-order valence-corrected chi connectivity index (χ3v) is 4.29. The van der Waals surface area contributed by atoms with Gasteiger partial charge in [0.1, 0.15) is 5.82 Å². The highest BCUT2D eigenvalue weighted by atomic mass is 79.9. The van der Waals surface area contributed by atoms with Gasteiger partial charge in [0.15, 0.2) is 5.71 Å². The molecule has 1 heterocycles. The number of carbonyl (C=O) groups is 1. The zero-order valence-corrected chi connectivity index (χ0v) is 14.2. The lowest BCUT2D eigenvalue weighted by Crippen LogP contribution is -2.24. The quantitative estimate of drug-likeness (QED) is 0.405. The lowest BCUT2D eigenvalue weighted by atomic mass is 10.1. The van der Waals surface area contributed by atoms with Crippen molar-refractivity contribution in [2.45, 2.75) is 0 Å². The number of carbonyl (C=O) groups excluding carboxylic acids is 1. The minimum Gasteiger partial charge on any atom is -0.410 e. The normalized spacial score (nSPS) is 11.7. The van der Waals surface area contributed by atoms with Crippen molar-refractivity contribution in [1.82, 2.24) is 4.57 Å². The average molecular weight is 390 g/mol. The number of hydrogen-bond donors (Lipinski definition) is 2. The Kier molecular flexibility index (Phi) is 4.35. The summed E-state index contributed by atoms with van der Waals surface area (Å²) in [6.07, 6.45) is 1.71. The molecular weight excluding hydrogens is 377 g/mol. The maximum atomic E-state index is 13.6. The van der Waals surface area contributed by atoms with Gasteiger partial charge in [-0.3, -0.25) is 4.79 Å². The lowest BCUT2D eigenvalue weighted by Gasteiger charge is -2.07. The van der Waals surface area contributed by atoms with Crippen LogP contribution in [-0.2, 0) is 11.8 Å². The molecule has 122 valence electrons. The molecule has 0 aliphatic heterocycles. The first kappa shape index (κ1) is 16.2. The smallest absolute Gasteiger partial charge is 0.278 e. The van der Waals surface area contributed by atoms with Gasteiger partial charge in [0.05, 0.1) is 4.47 Å². The number of hydrogen-bond acceptors (Lipinski definition) is 3. The molecule has 3 aromatic rings. The molecule has 5 nitrogen and oxygen atoms in total. The number of halogens is 2. The number of rotatable bonds is 3. The second-order valence-corrected chi connectivity index (χ2v) is 6.06. The molecule has 0 atom stereocenters. The van der Waals surface area contributed by atoms with Crippen LogP contribution in [-0.4, -0.2) is 21.4 Å². The van der Waals surface area contributed by atoms with E-state index in [0.717, 1.165) is 10.9 Å². The van der Waals surface area contributed by atoms with Crippen LogP contribution in [0.3, 0.4) is 0 Å². The minimum atomic E-state index is -0.629. The van der Waals surface area contributed by atoms with Gasteiger partial charge in [-0.25, -0.2) is 4.39 Å². The number of benzene rings is 2. The van der Waals surface area contributed by atoms with E-state index < -0.39 is 11.7 Å². The number of amides is 1. The fourth-order valence-corrected chi connectivity index (χ4v) is 2.76. The third-order valence-electron chi connectivity index (χ3n) is 3.64. The minimum absolute atomic E-state index is 0.143. The highest BCUT2D eigenvalue weighted by molar-refractivity contribution is 9.10. The van der Waals surface area contributed by atoms with E-state index in [0.29, 0.717) is 10.0 Å². The first-order chi connectivity index (χ1) is 11.5. The van der Waals surface area contributed by atoms with Crippen LogP contribution in [0.25, 0.3) is 10.9 Å². The molecule has 24 heavy (non-hydrogen) atoms. The van der Waals surface area contributed by atoms with Gasteiger partial charge in [0, 0.05) is 35.4 Å². The molecule has 7 heteroatoms. The maximum Gasteiger partial charge on any atom is 0.278 e. The summed E-state index contributed by atoms with van der Waals surface area (Å²) >= 11 is 3.05. The van der Waals surface area contributed by atoms with E-state index in [-0.39, 0.29) is 11.4 Å². The molecule has 0 aliphatic rings. The molecule has 0 aliphatic carbocycles. The van der Waals surface area contributed by atoms with Gasteiger partial charge in [-0.1, -0.05) is 23.4 Å². The van der Waals surface area contributed by atoms with Crippen molar-refractivity contribution < 1.29 is 14.4 Å². The largest absolute Gasteiger partial charge is 0.410 e. The van der Waals surface area contributed by atoms with E-state index in [2.05, 4.69) is 26.4 Å². The predicted octanol–water partition coefficient (Wildman–Crippen LogP) is 3.90. The van der Waals surface area contributed by atoms with Crippen LogP contribution in [0, 0.1) is 5.82 Å². The highest BCUT2D eigenvalue weighted by Crippen LogP contribution is 2.23. The average Bonchev–Trinajstić information content (AvgIpc) is 2.89. The zero-order chi connectivity index (χ0) is 17.3. The molecule has 0 radical (unpaired) electrons. The second-order valence-electron chi connectivity index (χ2n) is 5.20. The molecule has 1 amide bonds. The molecule has 2 aromatic carbocycles. The van der Waals surface area contributed by atoms with E-state index in [1.54, 1.807) is 12.3 Å². The summed E-state index contributed by atoms with van der Waals surface area (Å²) in [5, 5.41) is 15.8. The van der Waals surface area contributed by atoms with Crippen molar-refractivity contribution >= 4 is 44.1 Å². The Morgan fingerprint density at radius 3 is 2.75 bits per heavy atom. The maximum absolute atomic E-state index is 13.6. The van der Waals surface area contributed by atoms with E-state index in [1.807, 2.05) is 35.9 Å². The number of para-hydroxylation sites is 1. The van der Waals surface area contributed by atoms with Crippen molar-refractivity contribution in [1.29, 1.82) is 0 Å². The highest BCUT2D eigenvalue weighted by Gasteiger charge is 2.20. The van der Waals surface area contributed by atoms with E-state index >= 15 is 0 Å². The number of nitrogens with one attached hydrogen (secondary N) is 1. The number of anilines is 1. The third kappa shape index (κ3) is 2.90. The SMILES string of the molecule is Cn1cc(/C(=N/O)C(=O)Nc2ccc(Br)c(F)c2)c2ccccc21. The van der Waals surface area contributed by atoms with Gasteiger partial charge < -0.3 is 15.1 Å². The molecule has 3 rings (SSSR count). The first-order valence-corrected chi connectivity index (χ1v) is 7.83. The number of aryl methyl sites for hydroxylation is 1. The van der Waals surface area contributed by atoms with Crippen LogP contribution in [0.5, 0.6) is 0 Å². The Bertz CT molecular complexity index is 966. The number of aromatic nitrogens is 1. The summed E-state index contributed by atoms with van der Waals surface area (Å²) in [5.41, 5.74) is 1.51. The van der Waals surface area contributed by atoms with Crippen LogP contribution >= 0.6 is 15.9 Å². The Hall–Kier alpha value is -2.67. The first-order valence-electron chi connectivity index (χ1n) is 7.04. The molecule has 0 fully saturated rings. The standard InChI is InChI=1S/C17H13BrFN3O2/c1-22-9-12(11-4-2-3-5-15(11)22)16(21-24)17(23)20-10-6-7-13(18)14(19)8-10/h2-9,24H,1H3,(H,20,23)/b21-16-. The van der Waals surface area contributed by atoms with Crippen molar-refractivity contribution in [3.63, 3.8) is 0 Å². The summed E-state index contributed by atoms with van der Waals surface area (Å²) < 4.78 is 15.7. The molecule has 0 spiro atoms. The van der Waals surface area contributed by atoms with Crippen LogP contribution < -0.4 is 5.32 Å². The zero-order valence-electron chi connectivity index (χ0n) is 12.6. The summed E-state index contributed by atoms with van der Waals surface area (Å²) in [4.78, 5) is 12.4. The topological polar surface area (TPSA) is 66.6 Å². The van der Waals surface area contributed by atoms with Gasteiger partial charge in [0.2, 0.25) is 0 Å². The van der Waals surface area contributed by atoms with Gasteiger partial charge in [-0.2, -0.15) is 0 Å². The summed E-state index contributed by atoms with van der Waals surface area (Å²) in [6, 6.07) is 11.7. The predicted molar refractivity (Wildman–Crippen MR) is 94.0 cm³/mol. The van der Waals surface area contributed by atoms with Crippen molar-refractivity contribution in [3.05, 3.63) is 64.5 Å². The van der Waals surface area contributed by atoms with Gasteiger partial charge in [0.25, 0.3) is 5.91 Å². The molecule has 2 N–H and O–H groups in total. The van der Waals surface area contributed by atoms with Crippen molar-refractivity contribution in [2.24, 2.45) is 12.2 Å². The van der Waals surface area contributed by atoms with E-state index in [1.165, 1.54) is 12.1 Å². The Balaban J connectivity index is 1.96. The summed E-state index contributed by atoms with van der Waals surface area (Å²) in [6.45, 7) is 0. The van der Waals surface area contributed by atoms with Crippen LogP contribution in [0.15, 0.2) is 58.3 Å². The van der Waals surface area contributed by atoms with E-state index in [4.69, 9.17) is 0 Å². The fourth-order valence-electron chi connectivity index (χ4n) is 2.52. The van der Waals surface area contributed by atoms with Gasteiger partial charge in [-0.05, 0) is 40.2 Å². The molecule has 0 saturated heterocycles. The van der Waals surface area contributed by atoms with Crippen LogP contribution in [0.2, 0.25) is 0 Å². The molecule has 0 saturated carbocycles. The van der Waals surface area contributed by atoms with Gasteiger partial charge >= 0.3 is 0 Å². The summed E-state index contributed by atoms with van der Waals surface area (Å²) in [5.74, 6) is -1.13. The second kappa shape index (κ2) is 6.45. The number of fused-ring (bicyclic) bond motifs is 1. The molecule has 0 bridgehead atoms. The fraction of sp³-hybridized carbons (Fsp3) is 0.0588. The molecule has 1 aromatic heterocycles. The van der Waals surface area contributed by atoms with Gasteiger partial charge in [-0.15, -0.1) is 0 Å². The van der Waals surface area contributed by atoms with Crippen molar-refractivity contribution in [3.8, 4) is 0 Å². The van der Waals surface area contributed by atoms with E-state index in [9.17, 15) is 14.4 Å². The Morgan fingerprint density at radius 2 is 2.04 bits per heavy atom. The van der Waals surface area contributed by atoms with Crippen LogP contribution in [0.4, 0.5) is 10.1 Å². The summed E-state index contributed by atoms with van der Waals surface area (Å²) in [7, 11) is 1.84. The van der Waals surface area contributed by atoms with Crippen LogP contribution in [0.1, 0.15) is 5.56 Å². The number of oxime groups is 1. The molecular formula is C17H13BrFN3O2. The Morgan fingerprint density at radius 1 is 1.29 bits per heavy atom.